The summed E-state index contributed by atoms with van der Waals surface area (Å²) in [4.78, 5) is 28.1. The summed E-state index contributed by atoms with van der Waals surface area (Å²) in [5, 5.41) is 4.54. The normalized spacial score (nSPS) is 10.5. The first-order valence-electron chi connectivity index (χ1n) is 8.43. The zero-order valence-electron chi connectivity index (χ0n) is 14.9. The molecule has 0 radical (unpaired) electrons. The van der Waals surface area contributed by atoms with Crippen molar-refractivity contribution in [2.24, 2.45) is 0 Å². The second-order valence-corrected chi connectivity index (χ2v) is 6.70. The van der Waals surface area contributed by atoms with Crippen LogP contribution in [-0.4, -0.2) is 23.5 Å². The minimum absolute atomic E-state index is 0.0615. The lowest BCUT2D eigenvalue weighted by Crippen LogP contribution is -2.21. The van der Waals surface area contributed by atoms with Crippen LogP contribution in [0.15, 0.2) is 47.8 Å². The lowest BCUT2D eigenvalue weighted by molar-refractivity contribution is -0.119. The van der Waals surface area contributed by atoms with Gasteiger partial charge in [0.05, 0.1) is 0 Å². The predicted octanol–water partition coefficient (Wildman–Crippen LogP) is 4.45. The fourth-order valence-corrected chi connectivity index (χ4v) is 3.15. The number of halogens is 2. The van der Waals surface area contributed by atoms with Crippen LogP contribution in [0.2, 0.25) is 0 Å². The molecule has 0 aliphatic heterocycles. The van der Waals surface area contributed by atoms with Gasteiger partial charge in [-0.25, -0.2) is 18.6 Å². The van der Waals surface area contributed by atoms with Crippen LogP contribution in [0.5, 0.6) is 0 Å². The minimum atomic E-state index is -1.09. The maximum absolute atomic E-state index is 13.1. The van der Waals surface area contributed by atoms with E-state index in [1.54, 1.807) is 5.38 Å². The summed E-state index contributed by atoms with van der Waals surface area (Å²) >= 11 is 1.29. The molecule has 0 bridgehead atoms. The van der Waals surface area contributed by atoms with Gasteiger partial charge in [-0.1, -0.05) is 31.2 Å². The number of esters is 1. The van der Waals surface area contributed by atoms with E-state index in [1.165, 1.54) is 23.0 Å². The number of aryl methyl sites for hydroxylation is 1. The molecule has 3 rings (SSSR count). The highest BCUT2D eigenvalue weighted by atomic mass is 32.1. The molecule has 1 heterocycles. The number of carbonyl (C=O) groups excluding carboxylic acids is 2. The Morgan fingerprint density at radius 2 is 1.86 bits per heavy atom. The summed E-state index contributed by atoms with van der Waals surface area (Å²) < 4.78 is 30.9. The van der Waals surface area contributed by atoms with Crippen LogP contribution < -0.4 is 5.32 Å². The summed E-state index contributed by atoms with van der Waals surface area (Å²) in [5.74, 6) is -3.53. The van der Waals surface area contributed by atoms with E-state index in [1.807, 2.05) is 24.3 Å². The summed E-state index contributed by atoms with van der Waals surface area (Å²) in [6, 6.07) is 10.8. The Morgan fingerprint density at radius 1 is 1.11 bits per heavy atom. The highest BCUT2D eigenvalue weighted by Crippen LogP contribution is 2.24. The van der Waals surface area contributed by atoms with Gasteiger partial charge in [0, 0.05) is 22.7 Å². The number of hydrogen-bond acceptors (Lipinski definition) is 5. The molecule has 1 aromatic heterocycles. The van der Waals surface area contributed by atoms with Crippen molar-refractivity contribution >= 4 is 28.9 Å². The van der Waals surface area contributed by atoms with Crippen LogP contribution in [-0.2, 0) is 16.0 Å². The van der Waals surface area contributed by atoms with E-state index in [0.29, 0.717) is 5.01 Å². The molecule has 0 aliphatic carbocycles. The standard InChI is InChI=1S/C20H16F2N2O3S/c1-2-12-3-5-13(6-4-12)19-24-17(11-28-19)20(26)27-10-18(25)23-14-7-8-15(21)16(22)9-14/h3-9,11H,2,10H2,1H3,(H,23,25). The molecule has 2 aromatic carbocycles. The third-order valence-electron chi connectivity index (χ3n) is 3.86. The SMILES string of the molecule is CCc1ccc(-c2nc(C(=O)OCC(=O)Nc3ccc(F)c(F)c3)cs2)cc1. The number of benzene rings is 2. The largest absolute Gasteiger partial charge is 0.451 e. The lowest BCUT2D eigenvalue weighted by Gasteiger charge is -2.06. The van der Waals surface area contributed by atoms with Gasteiger partial charge in [0.1, 0.15) is 5.01 Å². The Hall–Kier alpha value is -3.13. The molecule has 28 heavy (non-hydrogen) atoms. The van der Waals surface area contributed by atoms with Crippen LogP contribution in [0.4, 0.5) is 14.5 Å². The summed E-state index contributed by atoms with van der Waals surface area (Å²) in [6.07, 6.45) is 0.933. The third kappa shape index (κ3) is 4.77. The number of rotatable bonds is 6. The molecule has 0 unspecified atom stereocenters. The highest BCUT2D eigenvalue weighted by Gasteiger charge is 2.15. The second kappa shape index (κ2) is 8.71. The third-order valence-corrected chi connectivity index (χ3v) is 4.75. The van der Waals surface area contributed by atoms with Gasteiger partial charge in [0.25, 0.3) is 5.91 Å². The van der Waals surface area contributed by atoms with Crippen molar-refractivity contribution in [3.05, 3.63) is 70.7 Å². The minimum Gasteiger partial charge on any atom is -0.451 e. The Balaban J connectivity index is 1.56. The molecule has 0 atom stereocenters. The average molecular weight is 402 g/mol. The van der Waals surface area contributed by atoms with Crippen molar-refractivity contribution in [1.29, 1.82) is 0 Å². The van der Waals surface area contributed by atoms with Gasteiger partial charge in [-0.05, 0) is 24.1 Å². The van der Waals surface area contributed by atoms with Crippen LogP contribution in [0, 0.1) is 11.6 Å². The van der Waals surface area contributed by atoms with E-state index in [9.17, 15) is 18.4 Å². The molecule has 8 heteroatoms. The van der Waals surface area contributed by atoms with Crippen molar-refractivity contribution in [2.45, 2.75) is 13.3 Å². The zero-order valence-corrected chi connectivity index (χ0v) is 15.7. The number of nitrogens with zero attached hydrogens (tertiary/aromatic N) is 1. The second-order valence-electron chi connectivity index (χ2n) is 5.84. The lowest BCUT2D eigenvalue weighted by atomic mass is 10.1. The number of anilines is 1. The number of nitrogens with one attached hydrogen (secondary N) is 1. The quantitative estimate of drug-likeness (QED) is 0.619. The van der Waals surface area contributed by atoms with E-state index in [2.05, 4.69) is 17.2 Å². The zero-order chi connectivity index (χ0) is 20.1. The molecule has 144 valence electrons. The Morgan fingerprint density at radius 3 is 2.54 bits per heavy atom. The van der Waals surface area contributed by atoms with Gasteiger partial charge < -0.3 is 10.1 Å². The molecule has 0 saturated heterocycles. The number of thiazole rings is 1. The maximum atomic E-state index is 13.1. The summed E-state index contributed by atoms with van der Waals surface area (Å²) in [7, 11) is 0. The Bertz CT molecular complexity index is 1000. The molecule has 0 aliphatic rings. The number of amides is 1. The molecule has 0 saturated carbocycles. The number of carbonyl (C=O) groups is 2. The van der Waals surface area contributed by atoms with Crippen LogP contribution >= 0.6 is 11.3 Å². The number of hydrogen-bond donors (Lipinski definition) is 1. The number of aromatic nitrogens is 1. The first kappa shape index (κ1) is 19.6. The molecule has 0 fully saturated rings. The van der Waals surface area contributed by atoms with Crippen molar-refractivity contribution in [1.82, 2.24) is 4.98 Å². The van der Waals surface area contributed by atoms with Gasteiger partial charge in [-0.3, -0.25) is 4.79 Å². The van der Waals surface area contributed by atoms with E-state index >= 15 is 0 Å². The van der Waals surface area contributed by atoms with Gasteiger partial charge >= 0.3 is 5.97 Å². The number of ether oxygens (including phenoxy) is 1. The average Bonchev–Trinajstić information content (AvgIpc) is 3.19. The monoisotopic (exact) mass is 402 g/mol. The summed E-state index contributed by atoms with van der Waals surface area (Å²) in [5.41, 5.74) is 2.25. The van der Waals surface area contributed by atoms with Crippen molar-refractivity contribution < 1.29 is 23.1 Å². The van der Waals surface area contributed by atoms with Crippen molar-refractivity contribution in [3.63, 3.8) is 0 Å². The maximum Gasteiger partial charge on any atom is 0.358 e. The molecule has 5 nitrogen and oxygen atoms in total. The van der Waals surface area contributed by atoms with Crippen molar-refractivity contribution in [2.75, 3.05) is 11.9 Å². The van der Waals surface area contributed by atoms with Crippen LogP contribution in [0.1, 0.15) is 23.0 Å². The Kier molecular flexibility index (Phi) is 6.10. The molecule has 1 amide bonds. The molecular formula is C20H16F2N2O3S. The predicted molar refractivity (Wildman–Crippen MR) is 102 cm³/mol. The van der Waals surface area contributed by atoms with E-state index in [-0.39, 0.29) is 11.4 Å². The molecule has 0 spiro atoms. The molecule has 3 aromatic rings. The van der Waals surface area contributed by atoms with Gasteiger partial charge in [-0.15, -0.1) is 11.3 Å². The summed E-state index contributed by atoms with van der Waals surface area (Å²) in [6.45, 7) is 1.49. The van der Waals surface area contributed by atoms with Crippen LogP contribution in [0.3, 0.4) is 0 Å². The van der Waals surface area contributed by atoms with E-state index in [0.717, 1.165) is 24.1 Å². The highest BCUT2D eigenvalue weighted by molar-refractivity contribution is 7.13. The Labute approximate surface area is 164 Å². The molecular weight excluding hydrogens is 386 g/mol. The first-order valence-corrected chi connectivity index (χ1v) is 9.31. The van der Waals surface area contributed by atoms with Gasteiger partial charge in [0.15, 0.2) is 23.9 Å². The molecule has 1 N–H and O–H groups in total. The van der Waals surface area contributed by atoms with E-state index < -0.39 is 30.1 Å². The van der Waals surface area contributed by atoms with Gasteiger partial charge in [0.2, 0.25) is 0 Å². The van der Waals surface area contributed by atoms with Gasteiger partial charge in [-0.2, -0.15) is 0 Å². The fourth-order valence-electron chi connectivity index (χ4n) is 2.36. The first-order chi connectivity index (χ1) is 13.5. The fraction of sp³-hybridized carbons (Fsp3) is 0.150. The van der Waals surface area contributed by atoms with Crippen LogP contribution in [0.25, 0.3) is 10.6 Å². The van der Waals surface area contributed by atoms with Crippen molar-refractivity contribution in [3.8, 4) is 10.6 Å². The van der Waals surface area contributed by atoms with E-state index in [4.69, 9.17) is 4.74 Å². The topological polar surface area (TPSA) is 68.3 Å². The smallest absolute Gasteiger partial charge is 0.358 e.